The molecular formula is C12H18N2O2. The fourth-order valence-electron chi connectivity index (χ4n) is 2.55. The van der Waals surface area contributed by atoms with Crippen LogP contribution in [0, 0.1) is 0 Å². The number of hydrogen-bond donors (Lipinski definition) is 1. The first-order valence-electron chi connectivity index (χ1n) is 5.92. The number of carbonyl (C=O) groups is 1. The van der Waals surface area contributed by atoms with Crippen molar-refractivity contribution in [2.45, 2.75) is 51.5 Å². The van der Waals surface area contributed by atoms with E-state index in [1.54, 1.807) is 0 Å². The Morgan fingerprint density at radius 3 is 2.62 bits per heavy atom. The summed E-state index contributed by atoms with van der Waals surface area (Å²) in [5, 5.41) is 13.4. The molecule has 0 radical (unpaired) electrons. The van der Waals surface area contributed by atoms with Gasteiger partial charge in [0, 0.05) is 12.0 Å². The molecule has 2 rings (SSSR count). The van der Waals surface area contributed by atoms with E-state index < -0.39 is 5.97 Å². The van der Waals surface area contributed by atoms with Crippen LogP contribution in [0.2, 0.25) is 0 Å². The van der Waals surface area contributed by atoms with E-state index in [4.69, 9.17) is 5.11 Å². The zero-order chi connectivity index (χ0) is 11.7. The molecular weight excluding hydrogens is 204 g/mol. The maximum Gasteiger partial charge on any atom is 0.339 e. The summed E-state index contributed by atoms with van der Waals surface area (Å²) >= 11 is 0. The Kier molecular flexibility index (Phi) is 2.99. The summed E-state index contributed by atoms with van der Waals surface area (Å²) < 4.78 is 1.87. The first kappa shape index (κ1) is 11.2. The van der Waals surface area contributed by atoms with Crippen molar-refractivity contribution < 1.29 is 9.90 Å². The van der Waals surface area contributed by atoms with Crippen molar-refractivity contribution in [1.29, 1.82) is 0 Å². The van der Waals surface area contributed by atoms with E-state index >= 15 is 0 Å². The number of hydrogen-bond acceptors (Lipinski definition) is 2. The van der Waals surface area contributed by atoms with Crippen molar-refractivity contribution in [2.24, 2.45) is 0 Å². The first-order valence-corrected chi connectivity index (χ1v) is 5.92. The van der Waals surface area contributed by atoms with Crippen molar-refractivity contribution in [2.75, 3.05) is 0 Å². The predicted molar refractivity (Wildman–Crippen MR) is 60.8 cm³/mol. The van der Waals surface area contributed by atoms with E-state index in [0.29, 0.717) is 11.5 Å². The Hall–Kier alpha value is -1.32. The molecule has 1 aliphatic rings. The summed E-state index contributed by atoms with van der Waals surface area (Å²) in [4.78, 5) is 11.2. The van der Waals surface area contributed by atoms with Gasteiger partial charge in [0.2, 0.25) is 0 Å². The second-order valence-corrected chi connectivity index (χ2v) is 4.77. The number of nitrogens with zero attached hydrogens (tertiary/aromatic N) is 2. The third-order valence-corrected chi connectivity index (χ3v) is 3.30. The molecule has 1 N–H and O–H groups in total. The molecule has 1 saturated carbocycles. The molecule has 0 bridgehead atoms. The molecule has 0 amide bonds. The zero-order valence-corrected chi connectivity index (χ0v) is 9.81. The van der Waals surface area contributed by atoms with Gasteiger partial charge < -0.3 is 5.11 Å². The van der Waals surface area contributed by atoms with Crippen molar-refractivity contribution in [3.8, 4) is 0 Å². The van der Waals surface area contributed by atoms with E-state index in [2.05, 4.69) is 5.10 Å². The van der Waals surface area contributed by atoms with Crippen LogP contribution in [-0.2, 0) is 0 Å². The molecule has 0 saturated heterocycles. The highest BCUT2D eigenvalue weighted by Gasteiger charge is 2.27. The molecule has 1 aliphatic carbocycles. The third kappa shape index (κ3) is 1.84. The number of carboxylic acid groups (broad SMARTS) is 1. The molecule has 1 aromatic rings. The van der Waals surface area contributed by atoms with Gasteiger partial charge in [-0.05, 0) is 26.7 Å². The van der Waals surface area contributed by atoms with E-state index in [0.717, 1.165) is 18.5 Å². The standard InChI is InChI=1S/C12H18N2O2/c1-8(2)14-11(9-5-3-4-6-9)10(7-13-14)12(15)16/h7-9H,3-6H2,1-2H3,(H,15,16). The number of rotatable bonds is 3. The molecule has 88 valence electrons. The molecule has 1 fully saturated rings. The van der Waals surface area contributed by atoms with Gasteiger partial charge in [-0.2, -0.15) is 5.10 Å². The minimum atomic E-state index is -0.853. The van der Waals surface area contributed by atoms with Crippen LogP contribution >= 0.6 is 0 Å². The maximum absolute atomic E-state index is 11.2. The summed E-state index contributed by atoms with van der Waals surface area (Å²) in [5.41, 5.74) is 1.32. The molecule has 0 spiro atoms. The van der Waals surface area contributed by atoms with E-state index in [1.807, 2.05) is 18.5 Å². The Balaban J connectivity index is 2.44. The summed E-state index contributed by atoms with van der Waals surface area (Å²) in [6.45, 7) is 4.08. The van der Waals surface area contributed by atoms with Gasteiger partial charge in [0.15, 0.2) is 0 Å². The number of aromatic carboxylic acids is 1. The highest BCUT2D eigenvalue weighted by atomic mass is 16.4. The topological polar surface area (TPSA) is 55.1 Å². The van der Waals surface area contributed by atoms with Crippen LogP contribution in [0.4, 0.5) is 0 Å². The van der Waals surface area contributed by atoms with Gasteiger partial charge in [-0.3, -0.25) is 4.68 Å². The van der Waals surface area contributed by atoms with Crippen LogP contribution < -0.4 is 0 Å². The SMILES string of the molecule is CC(C)n1ncc(C(=O)O)c1C1CCCC1. The van der Waals surface area contributed by atoms with Gasteiger partial charge in [-0.1, -0.05) is 12.8 Å². The van der Waals surface area contributed by atoms with Crippen LogP contribution in [0.5, 0.6) is 0 Å². The Morgan fingerprint density at radius 1 is 1.50 bits per heavy atom. The fraction of sp³-hybridized carbons (Fsp3) is 0.667. The van der Waals surface area contributed by atoms with Crippen molar-refractivity contribution in [1.82, 2.24) is 9.78 Å². The van der Waals surface area contributed by atoms with E-state index in [-0.39, 0.29) is 6.04 Å². The van der Waals surface area contributed by atoms with E-state index in [1.165, 1.54) is 19.0 Å². The predicted octanol–water partition coefficient (Wildman–Crippen LogP) is 2.82. The molecule has 4 heteroatoms. The van der Waals surface area contributed by atoms with Gasteiger partial charge in [0.1, 0.15) is 5.56 Å². The largest absolute Gasteiger partial charge is 0.478 e. The average Bonchev–Trinajstić information content (AvgIpc) is 2.85. The second-order valence-electron chi connectivity index (χ2n) is 4.77. The minimum Gasteiger partial charge on any atom is -0.478 e. The smallest absolute Gasteiger partial charge is 0.339 e. The normalized spacial score (nSPS) is 17.2. The van der Waals surface area contributed by atoms with Gasteiger partial charge >= 0.3 is 5.97 Å². The monoisotopic (exact) mass is 222 g/mol. The third-order valence-electron chi connectivity index (χ3n) is 3.30. The van der Waals surface area contributed by atoms with Crippen molar-refractivity contribution in [3.63, 3.8) is 0 Å². The Labute approximate surface area is 95.3 Å². The lowest BCUT2D eigenvalue weighted by molar-refractivity contribution is 0.0695. The molecule has 4 nitrogen and oxygen atoms in total. The van der Waals surface area contributed by atoms with Crippen LogP contribution in [-0.4, -0.2) is 20.9 Å². The molecule has 1 aromatic heterocycles. The van der Waals surface area contributed by atoms with Crippen LogP contribution in [0.3, 0.4) is 0 Å². The Bertz CT molecular complexity index is 390. The van der Waals surface area contributed by atoms with Crippen LogP contribution in [0.15, 0.2) is 6.20 Å². The lowest BCUT2D eigenvalue weighted by atomic mass is 9.99. The lowest BCUT2D eigenvalue weighted by Gasteiger charge is -2.16. The molecule has 1 heterocycles. The van der Waals surface area contributed by atoms with Crippen molar-refractivity contribution >= 4 is 5.97 Å². The van der Waals surface area contributed by atoms with Crippen molar-refractivity contribution in [3.05, 3.63) is 17.5 Å². The zero-order valence-electron chi connectivity index (χ0n) is 9.81. The van der Waals surface area contributed by atoms with Crippen LogP contribution in [0.25, 0.3) is 0 Å². The summed E-state index contributed by atoms with van der Waals surface area (Å²) in [7, 11) is 0. The van der Waals surface area contributed by atoms with E-state index in [9.17, 15) is 4.79 Å². The van der Waals surface area contributed by atoms with Gasteiger partial charge in [-0.15, -0.1) is 0 Å². The van der Waals surface area contributed by atoms with Crippen LogP contribution in [0.1, 0.15) is 67.5 Å². The highest BCUT2D eigenvalue weighted by molar-refractivity contribution is 5.88. The van der Waals surface area contributed by atoms with Gasteiger partial charge in [0.25, 0.3) is 0 Å². The molecule has 0 aliphatic heterocycles. The maximum atomic E-state index is 11.2. The number of carboxylic acids is 1. The summed E-state index contributed by atoms with van der Waals surface area (Å²) in [6.07, 6.45) is 6.09. The lowest BCUT2D eigenvalue weighted by Crippen LogP contribution is -2.13. The highest BCUT2D eigenvalue weighted by Crippen LogP contribution is 2.36. The number of aromatic nitrogens is 2. The van der Waals surface area contributed by atoms with Gasteiger partial charge in [0.05, 0.1) is 11.9 Å². The summed E-state index contributed by atoms with van der Waals surface area (Å²) in [5.74, 6) is -0.468. The summed E-state index contributed by atoms with van der Waals surface area (Å²) in [6, 6.07) is 0.226. The first-order chi connectivity index (χ1) is 7.61. The molecule has 16 heavy (non-hydrogen) atoms. The molecule has 0 atom stereocenters. The average molecular weight is 222 g/mol. The minimum absolute atomic E-state index is 0.226. The molecule has 0 unspecified atom stereocenters. The Morgan fingerprint density at radius 2 is 2.12 bits per heavy atom. The molecule has 0 aromatic carbocycles. The second kappa shape index (κ2) is 4.28. The van der Waals surface area contributed by atoms with Gasteiger partial charge in [-0.25, -0.2) is 4.79 Å². The quantitative estimate of drug-likeness (QED) is 0.855. The fourth-order valence-corrected chi connectivity index (χ4v) is 2.55.